The van der Waals surface area contributed by atoms with Gasteiger partial charge in [0, 0.05) is 5.75 Å². The van der Waals surface area contributed by atoms with Crippen LogP contribution in [-0.2, 0) is 0 Å². The number of carbonyl (C=O) groups is 1. The summed E-state index contributed by atoms with van der Waals surface area (Å²) >= 11 is 1.04. The summed E-state index contributed by atoms with van der Waals surface area (Å²) in [5.74, 6) is 0.772. The molecule has 0 aliphatic rings. The van der Waals surface area contributed by atoms with Gasteiger partial charge in [0.25, 0.3) is 0 Å². The number of unbranched alkanes of at least 4 members (excludes halogenated alkanes) is 17. The molecule has 0 saturated carbocycles. The number of rotatable bonds is 19. The van der Waals surface area contributed by atoms with E-state index < -0.39 is 5.30 Å². The average molecular weight is 359 g/mol. The summed E-state index contributed by atoms with van der Waals surface area (Å²) < 4.78 is 0. The zero-order chi connectivity index (χ0) is 17.7. The zero-order valence-corrected chi connectivity index (χ0v) is 17.0. The Morgan fingerprint density at radius 2 is 0.875 bits per heavy atom. The van der Waals surface area contributed by atoms with Gasteiger partial charge in [-0.3, -0.25) is 0 Å². The molecule has 0 bridgehead atoms. The maximum Gasteiger partial charge on any atom is 0.364 e. The van der Waals surface area contributed by atoms with Gasteiger partial charge in [0.1, 0.15) is 0 Å². The third kappa shape index (κ3) is 21.8. The molecule has 0 aliphatic carbocycles. The van der Waals surface area contributed by atoms with E-state index in [1.807, 2.05) is 0 Å². The Balaban J connectivity index is 2.97. The van der Waals surface area contributed by atoms with Crippen LogP contribution in [0.2, 0.25) is 0 Å². The number of hydrogen-bond donors (Lipinski definition) is 1. The van der Waals surface area contributed by atoms with Crippen molar-refractivity contribution in [1.29, 1.82) is 0 Å². The average Bonchev–Trinajstić information content (AvgIpc) is 2.56. The van der Waals surface area contributed by atoms with Gasteiger partial charge in [-0.15, -0.1) is 0 Å². The highest BCUT2D eigenvalue weighted by Gasteiger charge is 1.97. The fourth-order valence-electron chi connectivity index (χ4n) is 3.16. The highest BCUT2D eigenvalue weighted by Crippen LogP contribution is 2.14. The van der Waals surface area contributed by atoms with Crippen LogP contribution in [0.1, 0.15) is 122 Å². The fourth-order valence-corrected chi connectivity index (χ4v) is 3.69. The van der Waals surface area contributed by atoms with Crippen molar-refractivity contribution < 1.29 is 9.90 Å². The second kappa shape index (κ2) is 20.9. The van der Waals surface area contributed by atoms with Gasteiger partial charge in [-0.05, 0) is 18.2 Å². The van der Waals surface area contributed by atoms with E-state index >= 15 is 0 Å². The smallest absolute Gasteiger partial charge is 0.364 e. The third-order valence-corrected chi connectivity index (χ3v) is 5.46. The quantitative estimate of drug-likeness (QED) is 0.235. The molecule has 0 amide bonds. The van der Waals surface area contributed by atoms with Gasteiger partial charge in [0.15, 0.2) is 0 Å². The van der Waals surface area contributed by atoms with Crippen molar-refractivity contribution in [2.45, 2.75) is 122 Å². The Morgan fingerprint density at radius 1 is 0.583 bits per heavy atom. The molecule has 0 rings (SSSR count). The lowest BCUT2D eigenvalue weighted by molar-refractivity contribution is 0.222. The summed E-state index contributed by atoms with van der Waals surface area (Å²) in [6.07, 6.45) is 24.8. The Hall–Kier alpha value is -0.180. The minimum atomic E-state index is -0.734. The Bertz CT molecular complexity index is 256. The van der Waals surface area contributed by atoms with Gasteiger partial charge in [-0.1, -0.05) is 116 Å². The normalized spacial score (nSPS) is 11.0. The Labute approximate surface area is 155 Å². The maximum atomic E-state index is 10.3. The fraction of sp³-hybridized carbons (Fsp3) is 0.952. The van der Waals surface area contributed by atoms with Crippen molar-refractivity contribution in [3.8, 4) is 0 Å². The van der Waals surface area contributed by atoms with Gasteiger partial charge in [0.2, 0.25) is 0 Å². The molecule has 3 heteroatoms. The molecule has 1 N–H and O–H groups in total. The first kappa shape index (κ1) is 23.8. The molecule has 0 aromatic carbocycles. The highest BCUT2D eigenvalue weighted by molar-refractivity contribution is 8.13. The van der Waals surface area contributed by atoms with E-state index in [0.717, 1.165) is 23.9 Å². The maximum absolute atomic E-state index is 10.3. The van der Waals surface area contributed by atoms with Crippen LogP contribution in [0, 0.1) is 0 Å². The van der Waals surface area contributed by atoms with E-state index in [4.69, 9.17) is 5.11 Å². The second-order valence-electron chi connectivity index (χ2n) is 7.12. The summed E-state index contributed by atoms with van der Waals surface area (Å²) in [6.45, 7) is 2.28. The molecule has 0 radical (unpaired) electrons. The topological polar surface area (TPSA) is 37.3 Å². The minimum absolute atomic E-state index is 0.734. The van der Waals surface area contributed by atoms with Crippen LogP contribution >= 0.6 is 11.8 Å². The molecule has 0 fully saturated rings. The van der Waals surface area contributed by atoms with E-state index in [9.17, 15) is 4.79 Å². The van der Waals surface area contributed by atoms with Crippen LogP contribution in [0.25, 0.3) is 0 Å². The first-order chi connectivity index (χ1) is 11.8. The summed E-state index contributed by atoms with van der Waals surface area (Å²) in [4.78, 5) is 10.3. The molecule has 0 spiro atoms. The van der Waals surface area contributed by atoms with E-state index in [0.29, 0.717) is 0 Å². The number of thioether (sulfide) groups is 1. The van der Waals surface area contributed by atoms with Crippen molar-refractivity contribution in [2.24, 2.45) is 0 Å². The van der Waals surface area contributed by atoms with Crippen molar-refractivity contribution >= 4 is 17.1 Å². The van der Waals surface area contributed by atoms with Crippen molar-refractivity contribution in [3.63, 3.8) is 0 Å². The Morgan fingerprint density at radius 3 is 1.17 bits per heavy atom. The molecule has 0 aromatic rings. The lowest BCUT2D eigenvalue weighted by atomic mass is 10.0. The molecule has 24 heavy (non-hydrogen) atoms. The molecule has 0 atom stereocenters. The summed E-state index contributed by atoms with van der Waals surface area (Å²) in [7, 11) is 0. The number of hydrogen-bond acceptors (Lipinski definition) is 2. The van der Waals surface area contributed by atoms with Crippen LogP contribution in [0.4, 0.5) is 4.79 Å². The first-order valence-corrected chi connectivity index (χ1v) is 11.6. The van der Waals surface area contributed by atoms with Crippen LogP contribution in [0.5, 0.6) is 0 Å². The van der Waals surface area contributed by atoms with Gasteiger partial charge in [-0.2, -0.15) is 0 Å². The first-order valence-electron chi connectivity index (χ1n) is 10.6. The predicted octanol–water partition coefficient (Wildman–Crippen LogP) is 8.44. The third-order valence-electron chi connectivity index (χ3n) is 4.72. The Kier molecular flexibility index (Phi) is 20.7. The van der Waals surface area contributed by atoms with Crippen LogP contribution in [0.3, 0.4) is 0 Å². The summed E-state index contributed by atoms with van der Waals surface area (Å²) in [5, 5.41) is 7.79. The molecule has 0 aromatic heterocycles. The van der Waals surface area contributed by atoms with Crippen LogP contribution in [0.15, 0.2) is 0 Å². The van der Waals surface area contributed by atoms with Crippen molar-refractivity contribution in [3.05, 3.63) is 0 Å². The molecular formula is C21H42O2S. The van der Waals surface area contributed by atoms with Crippen LogP contribution < -0.4 is 0 Å². The van der Waals surface area contributed by atoms with Gasteiger partial charge >= 0.3 is 5.30 Å². The number of carboxylic acid groups (broad SMARTS) is 1. The van der Waals surface area contributed by atoms with E-state index in [1.165, 1.54) is 109 Å². The van der Waals surface area contributed by atoms with E-state index in [-0.39, 0.29) is 0 Å². The van der Waals surface area contributed by atoms with Crippen molar-refractivity contribution in [1.82, 2.24) is 0 Å². The lowest BCUT2D eigenvalue weighted by Gasteiger charge is -2.03. The van der Waals surface area contributed by atoms with E-state index in [2.05, 4.69) is 6.92 Å². The standard InChI is InChI=1S/C21H42O2S/c1-2-3-4-5-6-7-8-9-10-11-12-13-14-15-16-17-18-19-20-24-21(22)23/h2-20H2,1H3,(H,22,23). The molecule has 0 saturated heterocycles. The highest BCUT2D eigenvalue weighted by atomic mass is 32.2. The minimum Gasteiger partial charge on any atom is -0.473 e. The molecule has 0 heterocycles. The molecular weight excluding hydrogens is 316 g/mol. The predicted molar refractivity (Wildman–Crippen MR) is 109 cm³/mol. The van der Waals surface area contributed by atoms with Crippen LogP contribution in [-0.4, -0.2) is 16.2 Å². The lowest BCUT2D eigenvalue weighted by Crippen LogP contribution is -1.88. The molecule has 144 valence electrons. The van der Waals surface area contributed by atoms with Gasteiger partial charge < -0.3 is 5.11 Å². The molecule has 2 nitrogen and oxygen atoms in total. The summed E-state index contributed by atoms with van der Waals surface area (Å²) in [6, 6.07) is 0. The molecule has 0 aliphatic heterocycles. The van der Waals surface area contributed by atoms with Gasteiger partial charge in [0.05, 0.1) is 0 Å². The van der Waals surface area contributed by atoms with Crippen molar-refractivity contribution in [2.75, 3.05) is 5.75 Å². The second-order valence-corrected chi connectivity index (χ2v) is 8.17. The zero-order valence-electron chi connectivity index (χ0n) is 16.2. The monoisotopic (exact) mass is 358 g/mol. The van der Waals surface area contributed by atoms with E-state index in [1.54, 1.807) is 0 Å². The largest absolute Gasteiger partial charge is 0.473 e. The SMILES string of the molecule is CCCCCCCCCCCCCCCCCCCCSC(=O)O. The molecule has 0 unspecified atom stereocenters. The summed E-state index contributed by atoms with van der Waals surface area (Å²) in [5.41, 5.74) is 0. The van der Waals surface area contributed by atoms with Gasteiger partial charge in [-0.25, -0.2) is 4.79 Å².